The molecular formula is C20H31N3O5. The van der Waals surface area contributed by atoms with Gasteiger partial charge in [-0.05, 0) is 26.3 Å². The highest BCUT2D eigenvalue weighted by Gasteiger charge is 2.42. The Kier molecular flexibility index (Phi) is 7.65. The second kappa shape index (κ2) is 9.75. The Bertz CT molecular complexity index is 653. The minimum atomic E-state index is -0.505. The number of carbonyl (C=O) groups is 2. The monoisotopic (exact) mass is 393 g/mol. The summed E-state index contributed by atoms with van der Waals surface area (Å²) in [5.41, 5.74) is 0.536. The Balaban J connectivity index is 2.13. The third-order valence-electron chi connectivity index (χ3n) is 4.79. The van der Waals surface area contributed by atoms with Crippen molar-refractivity contribution in [2.24, 2.45) is 0 Å². The third kappa shape index (κ3) is 5.84. The van der Waals surface area contributed by atoms with Crippen LogP contribution in [0, 0.1) is 0 Å². The minimum Gasteiger partial charge on any atom is -0.446 e. The average Bonchev–Trinajstić information content (AvgIpc) is 2.66. The van der Waals surface area contributed by atoms with Gasteiger partial charge in [0.25, 0.3) is 0 Å². The number of hydrogen-bond donors (Lipinski definition) is 2. The molecule has 0 aromatic heterocycles. The van der Waals surface area contributed by atoms with Gasteiger partial charge in [-0.15, -0.1) is 0 Å². The van der Waals surface area contributed by atoms with E-state index in [0.29, 0.717) is 12.8 Å². The number of amides is 2. The van der Waals surface area contributed by atoms with Gasteiger partial charge < -0.3 is 20.1 Å². The third-order valence-corrected chi connectivity index (χ3v) is 4.79. The lowest BCUT2D eigenvalue weighted by molar-refractivity contribution is -0.293. The molecule has 1 aliphatic rings. The molecule has 3 atom stereocenters. The van der Waals surface area contributed by atoms with Crippen LogP contribution in [0.1, 0.15) is 45.3 Å². The number of piperidine rings is 1. The molecule has 1 aromatic carbocycles. The van der Waals surface area contributed by atoms with Crippen molar-refractivity contribution in [3.05, 3.63) is 35.9 Å². The summed E-state index contributed by atoms with van der Waals surface area (Å²) >= 11 is 0. The Morgan fingerprint density at radius 3 is 2.39 bits per heavy atom. The molecule has 1 fully saturated rings. The molecule has 1 heterocycles. The summed E-state index contributed by atoms with van der Waals surface area (Å²) in [7, 11) is 3.06. The smallest absolute Gasteiger partial charge is 0.407 e. The standard InChI is InChI=1S/C20H31N3O5/c1-14-11-16(27-19(25)22-5)12-20(2,3)23(14)28-17(13-26-18(24)21-4)15-9-7-6-8-10-15/h6-10,14,16-17H,11-13H2,1-5H3,(H,21,24)(H,22,25). The van der Waals surface area contributed by atoms with E-state index in [1.165, 1.54) is 7.05 Å². The fourth-order valence-electron chi connectivity index (χ4n) is 3.57. The van der Waals surface area contributed by atoms with Crippen LogP contribution in [-0.4, -0.2) is 55.6 Å². The summed E-state index contributed by atoms with van der Waals surface area (Å²) in [6.07, 6.45) is -0.297. The number of carbonyl (C=O) groups excluding carboxylic acids is 2. The zero-order valence-corrected chi connectivity index (χ0v) is 17.2. The van der Waals surface area contributed by atoms with E-state index in [1.807, 2.05) is 56.2 Å². The lowest BCUT2D eigenvalue weighted by Gasteiger charge is -2.48. The van der Waals surface area contributed by atoms with Gasteiger partial charge in [0.15, 0.2) is 0 Å². The summed E-state index contributed by atoms with van der Waals surface area (Å²) in [4.78, 5) is 29.5. The van der Waals surface area contributed by atoms with Crippen molar-refractivity contribution < 1.29 is 23.9 Å². The number of benzene rings is 1. The molecule has 2 amide bonds. The van der Waals surface area contributed by atoms with Crippen molar-refractivity contribution in [1.29, 1.82) is 0 Å². The van der Waals surface area contributed by atoms with E-state index in [9.17, 15) is 9.59 Å². The van der Waals surface area contributed by atoms with Crippen molar-refractivity contribution in [3.63, 3.8) is 0 Å². The largest absolute Gasteiger partial charge is 0.446 e. The maximum Gasteiger partial charge on any atom is 0.407 e. The summed E-state index contributed by atoms with van der Waals surface area (Å²) in [5.74, 6) is 0. The summed E-state index contributed by atoms with van der Waals surface area (Å²) in [6, 6.07) is 9.65. The first-order valence-electron chi connectivity index (χ1n) is 9.50. The number of nitrogens with one attached hydrogen (secondary N) is 2. The SMILES string of the molecule is CNC(=O)OCC(ON1C(C)CC(OC(=O)NC)CC1(C)C)c1ccccc1. The Labute approximate surface area is 166 Å². The van der Waals surface area contributed by atoms with Crippen LogP contribution in [0.2, 0.25) is 0 Å². The highest BCUT2D eigenvalue weighted by atomic mass is 16.7. The minimum absolute atomic E-state index is 0.00428. The molecule has 2 rings (SSSR count). The molecule has 2 N–H and O–H groups in total. The molecule has 8 heteroatoms. The molecule has 156 valence electrons. The second-order valence-corrected chi connectivity index (χ2v) is 7.56. The highest BCUT2D eigenvalue weighted by Crippen LogP contribution is 2.36. The molecule has 1 saturated heterocycles. The van der Waals surface area contributed by atoms with Crippen LogP contribution in [0.25, 0.3) is 0 Å². The van der Waals surface area contributed by atoms with Crippen molar-refractivity contribution in [3.8, 4) is 0 Å². The lowest BCUT2D eigenvalue weighted by atomic mass is 9.87. The zero-order valence-electron chi connectivity index (χ0n) is 17.2. The van der Waals surface area contributed by atoms with Crippen LogP contribution in [0.3, 0.4) is 0 Å². The fraction of sp³-hybridized carbons (Fsp3) is 0.600. The summed E-state index contributed by atoms with van der Waals surface area (Å²) < 4.78 is 10.7. The van der Waals surface area contributed by atoms with Gasteiger partial charge in [-0.2, -0.15) is 5.06 Å². The van der Waals surface area contributed by atoms with Gasteiger partial charge in [0.05, 0.1) is 0 Å². The molecule has 0 aliphatic carbocycles. The van der Waals surface area contributed by atoms with Crippen LogP contribution in [0.4, 0.5) is 9.59 Å². The number of alkyl carbamates (subject to hydrolysis) is 2. The Hall–Kier alpha value is -2.32. The maximum absolute atomic E-state index is 11.6. The Morgan fingerprint density at radius 1 is 1.18 bits per heavy atom. The van der Waals surface area contributed by atoms with Gasteiger partial charge in [-0.1, -0.05) is 30.3 Å². The molecule has 0 radical (unpaired) electrons. The van der Waals surface area contributed by atoms with Gasteiger partial charge in [0.1, 0.15) is 18.8 Å². The van der Waals surface area contributed by atoms with Crippen molar-refractivity contribution in [2.45, 2.75) is 57.4 Å². The number of hydroxylamine groups is 2. The Morgan fingerprint density at radius 2 is 1.82 bits per heavy atom. The second-order valence-electron chi connectivity index (χ2n) is 7.56. The van der Waals surface area contributed by atoms with Crippen LogP contribution in [0.15, 0.2) is 30.3 Å². The van der Waals surface area contributed by atoms with Gasteiger partial charge in [-0.3, -0.25) is 4.84 Å². The lowest BCUT2D eigenvalue weighted by Crippen LogP contribution is -2.57. The topological polar surface area (TPSA) is 89.1 Å². The van der Waals surface area contributed by atoms with E-state index in [0.717, 1.165) is 5.56 Å². The van der Waals surface area contributed by atoms with E-state index in [-0.39, 0.29) is 24.3 Å². The van der Waals surface area contributed by atoms with E-state index >= 15 is 0 Å². The van der Waals surface area contributed by atoms with Crippen LogP contribution in [-0.2, 0) is 14.3 Å². The first-order chi connectivity index (χ1) is 13.3. The molecular weight excluding hydrogens is 362 g/mol. The number of ether oxygens (including phenoxy) is 2. The molecule has 0 saturated carbocycles. The highest BCUT2D eigenvalue weighted by molar-refractivity contribution is 5.67. The van der Waals surface area contributed by atoms with Crippen LogP contribution < -0.4 is 10.6 Å². The van der Waals surface area contributed by atoms with Crippen LogP contribution in [0.5, 0.6) is 0 Å². The normalized spacial score (nSPS) is 22.8. The van der Waals surface area contributed by atoms with Gasteiger partial charge in [0.2, 0.25) is 0 Å². The summed E-state index contributed by atoms with van der Waals surface area (Å²) in [6.45, 7) is 6.21. The number of hydrogen-bond acceptors (Lipinski definition) is 6. The number of rotatable bonds is 6. The fourth-order valence-corrected chi connectivity index (χ4v) is 3.57. The van der Waals surface area contributed by atoms with Crippen molar-refractivity contribution >= 4 is 12.2 Å². The van der Waals surface area contributed by atoms with E-state index < -0.39 is 18.3 Å². The summed E-state index contributed by atoms with van der Waals surface area (Å²) in [5, 5.41) is 6.87. The van der Waals surface area contributed by atoms with Crippen molar-refractivity contribution in [1.82, 2.24) is 15.7 Å². The molecule has 8 nitrogen and oxygen atoms in total. The molecule has 1 aromatic rings. The molecule has 0 bridgehead atoms. The molecule has 1 aliphatic heterocycles. The molecule has 0 spiro atoms. The average molecular weight is 393 g/mol. The van der Waals surface area contributed by atoms with E-state index in [2.05, 4.69) is 10.6 Å². The van der Waals surface area contributed by atoms with Gasteiger partial charge >= 0.3 is 12.2 Å². The van der Waals surface area contributed by atoms with Crippen LogP contribution >= 0.6 is 0 Å². The molecule has 3 unspecified atom stereocenters. The van der Waals surface area contributed by atoms with Crippen molar-refractivity contribution in [2.75, 3.05) is 20.7 Å². The molecule has 28 heavy (non-hydrogen) atoms. The maximum atomic E-state index is 11.6. The van der Waals surface area contributed by atoms with Gasteiger partial charge in [-0.25, -0.2) is 9.59 Å². The number of nitrogens with zero attached hydrogens (tertiary/aromatic N) is 1. The first kappa shape index (κ1) is 22.0. The zero-order chi connectivity index (χ0) is 20.7. The predicted molar refractivity (Wildman–Crippen MR) is 105 cm³/mol. The van der Waals surface area contributed by atoms with E-state index in [4.69, 9.17) is 14.3 Å². The first-order valence-corrected chi connectivity index (χ1v) is 9.50. The van der Waals surface area contributed by atoms with E-state index in [1.54, 1.807) is 7.05 Å². The quantitative estimate of drug-likeness (QED) is 0.772. The predicted octanol–water partition coefficient (Wildman–Crippen LogP) is 3.00. The van der Waals surface area contributed by atoms with Gasteiger partial charge in [0, 0.05) is 38.5 Å².